The van der Waals surface area contributed by atoms with Gasteiger partial charge in [0.05, 0.1) is 5.52 Å². The highest BCUT2D eigenvalue weighted by Crippen LogP contribution is 2.24. The van der Waals surface area contributed by atoms with E-state index in [1.165, 1.54) is 23.1 Å². The summed E-state index contributed by atoms with van der Waals surface area (Å²) in [6.07, 6.45) is 3.06. The van der Waals surface area contributed by atoms with E-state index < -0.39 is 0 Å². The summed E-state index contributed by atoms with van der Waals surface area (Å²) in [6, 6.07) is 8.42. The Balaban J connectivity index is 2.32. The lowest BCUT2D eigenvalue weighted by molar-refractivity contribution is 0.594. The molecule has 0 bridgehead atoms. The zero-order valence-corrected chi connectivity index (χ0v) is 10.8. The normalized spacial score (nSPS) is 12.6. The summed E-state index contributed by atoms with van der Waals surface area (Å²) in [5.41, 5.74) is 3.52. The minimum absolute atomic E-state index is 0.697. The Kier molecular flexibility index (Phi) is 3.62. The average molecular weight is 228 g/mol. The molecule has 0 aliphatic carbocycles. The van der Waals surface area contributed by atoms with Crippen molar-refractivity contribution >= 4 is 16.6 Å². The van der Waals surface area contributed by atoms with Crippen molar-refractivity contribution in [3.8, 4) is 0 Å². The average Bonchev–Trinajstić information content (AvgIpc) is 2.38. The van der Waals surface area contributed by atoms with Gasteiger partial charge in [0.2, 0.25) is 0 Å². The number of nitrogens with zero attached hydrogens (tertiary/aromatic N) is 1. The highest BCUT2D eigenvalue weighted by atomic mass is 14.9. The summed E-state index contributed by atoms with van der Waals surface area (Å²) in [4.78, 5) is 4.45. The Bertz CT molecular complexity index is 505. The molecule has 0 aliphatic heterocycles. The van der Waals surface area contributed by atoms with E-state index in [0.29, 0.717) is 5.92 Å². The molecule has 2 heteroatoms. The van der Waals surface area contributed by atoms with Gasteiger partial charge >= 0.3 is 0 Å². The fraction of sp³-hybridized carbons (Fsp3) is 0.400. The third kappa shape index (κ3) is 2.57. The molecule has 0 saturated carbocycles. The molecule has 1 heterocycles. The molecule has 0 saturated heterocycles. The minimum Gasteiger partial charge on any atom is -0.384 e. The van der Waals surface area contributed by atoms with Crippen LogP contribution in [0.4, 0.5) is 5.69 Å². The Hall–Kier alpha value is -1.57. The first-order valence-corrected chi connectivity index (χ1v) is 6.30. The summed E-state index contributed by atoms with van der Waals surface area (Å²) < 4.78 is 0. The highest BCUT2D eigenvalue weighted by molar-refractivity contribution is 5.93. The van der Waals surface area contributed by atoms with Crippen LogP contribution in [0.3, 0.4) is 0 Å². The minimum atomic E-state index is 0.697. The van der Waals surface area contributed by atoms with E-state index >= 15 is 0 Å². The molecule has 1 atom stereocenters. The molecular weight excluding hydrogens is 208 g/mol. The molecule has 90 valence electrons. The lowest BCUT2D eigenvalue weighted by Gasteiger charge is -2.14. The van der Waals surface area contributed by atoms with E-state index in [2.05, 4.69) is 49.3 Å². The number of benzene rings is 1. The number of fused-ring (bicyclic) bond motifs is 1. The van der Waals surface area contributed by atoms with Crippen molar-refractivity contribution in [2.45, 2.75) is 27.2 Å². The molecule has 1 unspecified atom stereocenters. The van der Waals surface area contributed by atoms with Crippen LogP contribution in [0.5, 0.6) is 0 Å². The Morgan fingerprint density at radius 2 is 2.12 bits per heavy atom. The van der Waals surface area contributed by atoms with Crippen molar-refractivity contribution in [3.63, 3.8) is 0 Å². The maximum Gasteiger partial charge on any atom is 0.0751 e. The predicted molar refractivity (Wildman–Crippen MR) is 74.4 cm³/mol. The van der Waals surface area contributed by atoms with E-state index in [-0.39, 0.29) is 0 Å². The molecule has 2 aromatic rings. The van der Waals surface area contributed by atoms with Crippen molar-refractivity contribution in [1.29, 1.82) is 0 Å². The standard InChI is InChI=1S/C15H20N2/c1-4-11(2)10-17-14-8-7-12(3)15-13(14)6-5-9-16-15/h5-9,11,17H,4,10H2,1-3H3. The number of rotatable bonds is 4. The van der Waals surface area contributed by atoms with E-state index in [4.69, 9.17) is 0 Å². The second-order valence-corrected chi connectivity index (χ2v) is 4.72. The number of pyridine rings is 1. The van der Waals surface area contributed by atoms with E-state index in [0.717, 1.165) is 12.1 Å². The van der Waals surface area contributed by atoms with Gasteiger partial charge < -0.3 is 5.32 Å². The van der Waals surface area contributed by atoms with Crippen LogP contribution < -0.4 is 5.32 Å². The first kappa shape index (κ1) is 11.9. The van der Waals surface area contributed by atoms with Gasteiger partial charge in [-0.05, 0) is 36.6 Å². The molecule has 0 spiro atoms. The Morgan fingerprint density at radius 1 is 1.29 bits per heavy atom. The number of aromatic nitrogens is 1. The fourth-order valence-corrected chi connectivity index (χ4v) is 1.90. The van der Waals surface area contributed by atoms with Crippen LogP contribution in [0.1, 0.15) is 25.8 Å². The molecule has 0 aliphatic rings. The first-order valence-electron chi connectivity index (χ1n) is 6.30. The van der Waals surface area contributed by atoms with Crippen molar-refractivity contribution in [2.75, 3.05) is 11.9 Å². The number of anilines is 1. The zero-order chi connectivity index (χ0) is 12.3. The van der Waals surface area contributed by atoms with E-state index in [9.17, 15) is 0 Å². The van der Waals surface area contributed by atoms with Crippen molar-refractivity contribution in [1.82, 2.24) is 4.98 Å². The van der Waals surface area contributed by atoms with Crippen LogP contribution in [0.2, 0.25) is 0 Å². The van der Waals surface area contributed by atoms with Crippen LogP contribution in [-0.2, 0) is 0 Å². The second kappa shape index (κ2) is 5.17. The summed E-state index contributed by atoms with van der Waals surface area (Å²) in [6.45, 7) is 7.61. The third-order valence-electron chi connectivity index (χ3n) is 3.31. The number of hydrogen-bond donors (Lipinski definition) is 1. The van der Waals surface area contributed by atoms with Gasteiger partial charge in [-0.15, -0.1) is 0 Å². The molecule has 17 heavy (non-hydrogen) atoms. The van der Waals surface area contributed by atoms with Crippen molar-refractivity contribution in [3.05, 3.63) is 36.0 Å². The third-order valence-corrected chi connectivity index (χ3v) is 3.31. The van der Waals surface area contributed by atoms with Crippen LogP contribution in [0.25, 0.3) is 10.9 Å². The predicted octanol–water partition coefficient (Wildman–Crippen LogP) is 4.00. The molecule has 0 fully saturated rings. The van der Waals surface area contributed by atoms with Gasteiger partial charge in [-0.1, -0.05) is 26.3 Å². The van der Waals surface area contributed by atoms with E-state index in [1.807, 2.05) is 12.3 Å². The quantitative estimate of drug-likeness (QED) is 0.855. The summed E-state index contributed by atoms with van der Waals surface area (Å²) in [5.74, 6) is 0.697. The van der Waals surface area contributed by atoms with Gasteiger partial charge in [0.25, 0.3) is 0 Å². The van der Waals surface area contributed by atoms with Gasteiger partial charge in [-0.2, -0.15) is 0 Å². The van der Waals surface area contributed by atoms with Gasteiger partial charge in [-0.25, -0.2) is 0 Å². The molecule has 1 aromatic carbocycles. The maximum absolute atomic E-state index is 4.45. The zero-order valence-electron chi connectivity index (χ0n) is 10.8. The topological polar surface area (TPSA) is 24.9 Å². The van der Waals surface area contributed by atoms with Crippen molar-refractivity contribution < 1.29 is 0 Å². The number of hydrogen-bond acceptors (Lipinski definition) is 2. The molecular formula is C15H20N2. The van der Waals surface area contributed by atoms with E-state index in [1.54, 1.807) is 0 Å². The highest BCUT2D eigenvalue weighted by Gasteiger charge is 2.05. The summed E-state index contributed by atoms with van der Waals surface area (Å²) in [7, 11) is 0. The van der Waals surface area contributed by atoms with Gasteiger partial charge in [-0.3, -0.25) is 4.98 Å². The van der Waals surface area contributed by atoms with Gasteiger partial charge in [0.1, 0.15) is 0 Å². The fourth-order valence-electron chi connectivity index (χ4n) is 1.90. The van der Waals surface area contributed by atoms with Crippen LogP contribution in [0, 0.1) is 12.8 Å². The number of nitrogens with one attached hydrogen (secondary N) is 1. The lowest BCUT2D eigenvalue weighted by atomic mass is 10.1. The van der Waals surface area contributed by atoms with Crippen molar-refractivity contribution in [2.24, 2.45) is 5.92 Å². The summed E-state index contributed by atoms with van der Waals surface area (Å²) in [5, 5.41) is 4.74. The van der Waals surface area contributed by atoms with Crippen LogP contribution in [0.15, 0.2) is 30.5 Å². The van der Waals surface area contributed by atoms with Gasteiger partial charge in [0.15, 0.2) is 0 Å². The van der Waals surface area contributed by atoms with Gasteiger partial charge in [0, 0.05) is 23.8 Å². The lowest BCUT2D eigenvalue weighted by Crippen LogP contribution is -2.10. The molecule has 2 rings (SSSR count). The maximum atomic E-state index is 4.45. The Labute approximate surface area is 103 Å². The SMILES string of the molecule is CCC(C)CNc1ccc(C)c2ncccc12. The largest absolute Gasteiger partial charge is 0.384 e. The van der Waals surface area contributed by atoms with Crippen LogP contribution in [-0.4, -0.2) is 11.5 Å². The summed E-state index contributed by atoms with van der Waals surface area (Å²) >= 11 is 0. The Morgan fingerprint density at radius 3 is 2.88 bits per heavy atom. The molecule has 1 aromatic heterocycles. The second-order valence-electron chi connectivity index (χ2n) is 4.72. The first-order chi connectivity index (χ1) is 8.22. The number of aryl methyl sites for hydroxylation is 1. The smallest absolute Gasteiger partial charge is 0.0751 e. The molecule has 0 radical (unpaired) electrons. The molecule has 0 amide bonds. The molecule has 2 nitrogen and oxygen atoms in total. The molecule has 1 N–H and O–H groups in total. The van der Waals surface area contributed by atoms with Crippen LogP contribution >= 0.6 is 0 Å². The monoisotopic (exact) mass is 228 g/mol.